The Labute approximate surface area is 190 Å². The number of Topliss-reactive ketones (excluding diaryl/α,β-unsaturated/α-hetero) is 1. The quantitative estimate of drug-likeness (QED) is 0.384. The highest BCUT2D eigenvalue weighted by atomic mass is 16.5. The Morgan fingerprint density at radius 2 is 1.78 bits per heavy atom. The topological polar surface area (TPSA) is 70.1 Å². The molecular formula is C26H32N2O4. The molecule has 6 nitrogen and oxygen atoms in total. The highest BCUT2D eigenvalue weighted by Crippen LogP contribution is 2.40. The van der Waals surface area contributed by atoms with E-state index in [1.165, 1.54) is 0 Å². The first-order valence-corrected chi connectivity index (χ1v) is 11.0. The third kappa shape index (κ3) is 4.86. The summed E-state index contributed by atoms with van der Waals surface area (Å²) < 4.78 is 5.59. The van der Waals surface area contributed by atoms with Crippen molar-refractivity contribution in [3.8, 4) is 5.75 Å². The molecule has 1 aliphatic heterocycles. The first-order chi connectivity index (χ1) is 15.2. The van der Waals surface area contributed by atoms with Crippen LogP contribution in [-0.4, -0.2) is 60.4 Å². The molecule has 1 amide bonds. The molecule has 0 unspecified atom stereocenters. The van der Waals surface area contributed by atoms with Gasteiger partial charge in [0.2, 0.25) is 0 Å². The van der Waals surface area contributed by atoms with Gasteiger partial charge in [0.15, 0.2) is 0 Å². The van der Waals surface area contributed by atoms with E-state index in [4.69, 9.17) is 4.74 Å². The number of likely N-dealkylation sites (tertiary alicyclic amines) is 1. The highest BCUT2D eigenvalue weighted by molar-refractivity contribution is 6.46. The zero-order valence-corrected chi connectivity index (χ0v) is 19.5. The van der Waals surface area contributed by atoms with Gasteiger partial charge in [-0.2, -0.15) is 0 Å². The number of benzene rings is 2. The average molecular weight is 437 g/mol. The maximum absolute atomic E-state index is 13.1. The third-order valence-electron chi connectivity index (χ3n) is 5.69. The molecule has 1 aliphatic rings. The molecule has 0 spiro atoms. The van der Waals surface area contributed by atoms with Crippen LogP contribution in [0.3, 0.4) is 0 Å². The maximum Gasteiger partial charge on any atom is 0.295 e. The van der Waals surface area contributed by atoms with E-state index in [0.29, 0.717) is 18.7 Å². The lowest BCUT2D eigenvalue weighted by molar-refractivity contribution is -0.139. The summed E-state index contributed by atoms with van der Waals surface area (Å²) in [7, 11) is 3.94. The highest BCUT2D eigenvalue weighted by Gasteiger charge is 2.45. The fraction of sp³-hybridized carbons (Fsp3) is 0.385. The Balaban J connectivity index is 2.08. The molecule has 0 radical (unpaired) electrons. The van der Waals surface area contributed by atoms with Crippen molar-refractivity contribution in [1.82, 2.24) is 9.80 Å². The normalized spacial score (nSPS) is 17.9. The number of hydrogen-bond donors (Lipinski definition) is 1. The SMILES string of the molecule is CCOc1ccc(C(O)=C2C(=O)C(=O)N(CCCN(C)C)[C@@H]2c2ccc(C)cc2)cc1C. The predicted molar refractivity (Wildman–Crippen MR) is 126 cm³/mol. The Kier molecular flexibility index (Phi) is 7.36. The van der Waals surface area contributed by atoms with Gasteiger partial charge in [-0.1, -0.05) is 29.8 Å². The molecule has 1 saturated heterocycles. The third-order valence-corrected chi connectivity index (χ3v) is 5.69. The number of aryl methyl sites for hydroxylation is 2. The molecule has 1 fully saturated rings. The van der Waals surface area contributed by atoms with Crippen LogP contribution in [0.2, 0.25) is 0 Å². The second-order valence-electron chi connectivity index (χ2n) is 8.47. The summed E-state index contributed by atoms with van der Waals surface area (Å²) in [5, 5.41) is 11.2. The van der Waals surface area contributed by atoms with Gasteiger partial charge in [0.1, 0.15) is 11.5 Å². The van der Waals surface area contributed by atoms with E-state index in [2.05, 4.69) is 0 Å². The maximum atomic E-state index is 13.1. The van der Waals surface area contributed by atoms with E-state index in [9.17, 15) is 14.7 Å². The van der Waals surface area contributed by atoms with Gasteiger partial charge in [-0.25, -0.2) is 0 Å². The standard InChI is InChI=1S/C26H32N2O4/c1-6-32-21-13-12-20(16-18(21)3)24(29)22-23(19-10-8-17(2)9-11-19)28(26(31)25(22)30)15-7-14-27(4)5/h8-13,16,23,29H,6-7,14-15H2,1-5H3/t23-/m1/s1. The van der Waals surface area contributed by atoms with Crippen molar-refractivity contribution in [2.75, 3.05) is 33.8 Å². The Hall–Kier alpha value is -3.12. The molecule has 1 N–H and O–H groups in total. The fourth-order valence-corrected chi connectivity index (χ4v) is 4.03. The van der Waals surface area contributed by atoms with E-state index in [-0.39, 0.29) is 11.3 Å². The minimum Gasteiger partial charge on any atom is -0.507 e. The molecule has 1 atom stereocenters. The van der Waals surface area contributed by atoms with Gasteiger partial charge in [0.05, 0.1) is 18.2 Å². The summed E-state index contributed by atoms with van der Waals surface area (Å²) in [6.45, 7) is 7.55. The van der Waals surface area contributed by atoms with Gasteiger partial charge < -0.3 is 19.6 Å². The van der Waals surface area contributed by atoms with Gasteiger partial charge >= 0.3 is 0 Å². The molecule has 3 rings (SSSR count). The van der Waals surface area contributed by atoms with Crippen molar-refractivity contribution in [1.29, 1.82) is 0 Å². The number of aliphatic hydroxyl groups excluding tert-OH is 1. The number of carbonyl (C=O) groups is 2. The molecule has 0 saturated carbocycles. The summed E-state index contributed by atoms with van der Waals surface area (Å²) >= 11 is 0. The largest absolute Gasteiger partial charge is 0.507 e. The molecule has 6 heteroatoms. The Bertz CT molecular complexity index is 1020. The van der Waals surface area contributed by atoms with E-state index in [1.54, 1.807) is 23.1 Å². The van der Waals surface area contributed by atoms with E-state index in [1.807, 2.05) is 64.0 Å². The summed E-state index contributed by atoms with van der Waals surface area (Å²) in [5.41, 5.74) is 3.37. The summed E-state index contributed by atoms with van der Waals surface area (Å²) in [6.07, 6.45) is 0.727. The van der Waals surface area contributed by atoms with E-state index < -0.39 is 17.7 Å². The Morgan fingerprint density at radius 3 is 2.38 bits per heavy atom. The monoisotopic (exact) mass is 436 g/mol. The molecule has 2 aromatic carbocycles. The molecule has 2 aromatic rings. The van der Waals surface area contributed by atoms with Gasteiger partial charge in [-0.05, 0) is 77.2 Å². The van der Waals surface area contributed by atoms with Crippen molar-refractivity contribution in [2.24, 2.45) is 0 Å². The number of ketones is 1. The van der Waals surface area contributed by atoms with Crippen LogP contribution in [0.15, 0.2) is 48.0 Å². The van der Waals surface area contributed by atoms with E-state index in [0.717, 1.165) is 35.4 Å². The summed E-state index contributed by atoms with van der Waals surface area (Å²) in [5.74, 6) is -0.651. The predicted octanol–water partition coefficient (Wildman–Crippen LogP) is 4.08. The summed E-state index contributed by atoms with van der Waals surface area (Å²) in [4.78, 5) is 29.7. The van der Waals surface area contributed by atoms with Crippen molar-refractivity contribution < 1.29 is 19.4 Å². The minimum absolute atomic E-state index is 0.132. The minimum atomic E-state index is -0.649. The number of rotatable bonds is 8. The second-order valence-corrected chi connectivity index (χ2v) is 8.47. The number of ether oxygens (including phenoxy) is 1. The number of nitrogens with zero attached hydrogens (tertiary/aromatic N) is 2. The van der Waals surface area contributed by atoms with Crippen LogP contribution >= 0.6 is 0 Å². The van der Waals surface area contributed by atoms with Crippen molar-refractivity contribution in [2.45, 2.75) is 33.2 Å². The van der Waals surface area contributed by atoms with Gasteiger partial charge in [0, 0.05) is 12.1 Å². The molecular weight excluding hydrogens is 404 g/mol. The molecule has 0 aliphatic carbocycles. The lowest BCUT2D eigenvalue weighted by Gasteiger charge is -2.26. The average Bonchev–Trinajstić information content (AvgIpc) is 3.00. The van der Waals surface area contributed by atoms with Crippen molar-refractivity contribution >= 4 is 17.4 Å². The van der Waals surface area contributed by atoms with Crippen LogP contribution in [0.4, 0.5) is 0 Å². The zero-order valence-electron chi connectivity index (χ0n) is 19.5. The van der Waals surface area contributed by atoms with Crippen LogP contribution in [0.5, 0.6) is 5.75 Å². The van der Waals surface area contributed by atoms with Crippen LogP contribution in [0, 0.1) is 13.8 Å². The van der Waals surface area contributed by atoms with Gasteiger partial charge in [-0.3, -0.25) is 9.59 Å². The lowest BCUT2D eigenvalue weighted by atomic mass is 9.94. The van der Waals surface area contributed by atoms with Crippen LogP contribution in [0.1, 0.15) is 41.6 Å². The molecule has 1 heterocycles. The first kappa shape index (κ1) is 23.5. The molecule has 170 valence electrons. The lowest BCUT2D eigenvalue weighted by Crippen LogP contribution is -2.32. The summed E-state index contributed by atoms with van der Waals surface area (Å²) in [6, 6.07) is 12.4. The number of carbonyl (C=O) groups excluding carboxylic acids is 2. The van der Waals surface area contributed by atoms with Gasteiger partial charge in [0.25, 0.3) is 11.7 Å². The number of hydrogen-bond acceptors (Lipinski definition) is 5. The number of amides is 1. The second kappa shape index (κ2) is 10.0. The van der Waals surface area contributed by atoms with E-state index >= 15 is 0 Å². The smallest absolute Gasteiger partial charge is 0.295 e. The molecule has 32 heavy (non-hydrogen) atoms. The van der Waals surface area contributed by atoms with Gasteiger partial charge in [-0.15, -0.1) is 0 Å². The van der Waals surface area contributed by atoms with Crippen molar-refractivity contribution in [3.05, 3.63) is 70.3 Å². The van der Waals surface area contributed by atoms with Crippen LogP contribution in [-0.2, 0) is 9.59 Å². The zero-order chi connectivity index (χ0) is 23.4. The first-order valence-electron chi connectivity index (χ1n) is 11.0. The van der Waals surface area contributed by atoms with Crippen molar-refractivity contribution in [3.63, 3.8) is 0 Å². The molecule has 0 aromatic heterocycles. The molecule has 0 bridgehead atoms. The fourth-order valence-electron chi connectivity index (χ4n) is 4.03. The Morgan fingerprint density at radius 1 is 1.09 bits per heavy atom. The van der Waals surface area contributed by atoms with Crippen LogP contribution < -0.4 is 4.74 Å². The number of aliphatic hydroxyl groups is 1. The van der Waals surface area contributed by atoms with Crippen LogP contribution in [0.25, 0.3) is 5.76 Å².